The lowest BCUT2D eigenvalue weighted by Crippen LogP contribution is -2.49. The van der Waals surface area contributed by atoms with Crippen molar-refractivity contribution in [1.82, 2.24) is 14.9 Å². The zero-order valence-electron chi connectivity index (χ0n) is 22.5. The SMILES string of the molecule is CC(=O)NC(Cc1cc(F)cc(F)c1)C(O)CNC(c1cccc(C(C)C)c1)C1CCN(S(C)(=O)=O)CC1. The van der Waals surface area contributed by atoms with Crippen LogP contribution in [0.3, 0.4) is 0 Å². The Hall–Kier alpha value is -2.40. The van der Waals surface area contributed by atoms with Gasteiger partial charge in [0, 0.05) is 38.7 Å². The third kappa shape index (κ3) is 8.56. The van der Waals surface area contributed by atoms with E-state index in [4.69, 9.17) is 0 Å². The Morgan fingerprint density at radius 2 is 1.68 bits per heavy atom. The van der Waals surface area contributed by atoms with Crippen LogP contribution in [0.5, 0.6) is 0 Å². The number of carbonyl (C=O) groups is 1. The molecule has 1 saturated heterocycles. The van der Waals surface area contributed by atoms with Crippen molar-refractivity contribution in [2.24, 2.45) is 5.92 Å². The zero-order valence-corrected chi connectivity index (χ0v) is 23.3. The first-order valence-corrected chi connectivity index (χ1v) is 14.9. The molecule has 38 heavy (non-hydrogen) atoms. The first-order chi connectivity index (χ1) is 17.8. The molecule has 0 aliphatic carbocycles. The summed E-state index contributed by atoms with van der Waals surface area (Å²) in [6.45, 7) is 6.52. The van der Waals surface area contributed by atoms with Gasteiger partial charge in [-0.25, -0.2) is 21.5 Å². The van der Waals surface area contributed by atoms with Gasteiger partial charge in [-0.1, -0.05) is 38.1 Å². The summed E-state index contributed by atoms with van der Waals surface area (Å²) in [6.07, 6.45) is 1.54. The van der Waals surface area contributed by atoms with Crippen molar-refractivity contribution in [2.75, 3.05) is 25.9 Å². The summed E-state index contributed by atoms with van der Waals surface area (Å²) in [5, 5.41) is 17.3. The molecule has 3 rings (SSSR count). The Morgan fingerprint density at radius 1 is 1.08 bits per heavy atom. The van der Waals surface area contributed by atoms with Crippen LogP contribution in [0.1, 0.15) is 62.3 Å². The molecule has 3 atom stereocenters. The minimum absolute atomic E-state index is 0.0529. The minimum Gasteiger partial charge on any atom is -0.390 e. The average Bonchev–Trinajstić information content (AvgIpc) is 2.82. The molecule has 7 nitrogen and oxygen atoms in total. The minimum atomic E-state index is -3.26. The van der Waals surface area contributed by atoms with Gasteiger partial charge < -0.3 is 15.7 Å². The van der Waals surface area contributed by atoms with E-state index in [1.165, 1.54) is 35.2 Å². The molecule has 0 aromatic heterocycles. The van der Waals surface area contributed by atoms with Crippen LogP contribution in [0.15, 0.2) is 42.5 Å². The van der Waals surface area contributed by atoms with Gasteiger partial charge >= 0.3 is 0 Å². The second-order valence-corrected chi connectivity index (χ2v) is 12.5. The van der Waals surface area contributed by atoms with E-state index in [1.807, 2.05) is 12.1 Å². The zero-order chi connectivity index (χ0) is 28.0. The number of hydrogen-bond donors (Lipinski definition) is 3. The van der Waals surface area contributed by atoms with Crippen molar-refractivity contribution in [2.45, 2.75) is 64.1 Å². The Labute approximate surface area is 224 Å². The summed E-state index contributed by atoms with van der Waals surface area (Å²) in [6, 6.07) is 10.5. The van der Waals surface area contributed by atoms with Crippen molar-refractivity contribution >= 4 is 15.9 Å². The molecule has 3 unspecified atom stereocenters. The summed E-state index contributed by atoms with van der Waals surface area (Å²) >= 11 is 0. The fourth-order valence-corrected chi connectivity index (χ4v) is 6.00. The van der Waals surface area contributed by atoms with Gasteiger partial charge in [0.05, 0.1) is 18.4 Å². The molecule has 0 bridgehead atoms. The fourth-order valence-electron chi connectivity index (χ4n) is 5.13. The lowest BCUT2D eigenvalue weighted by Gasteiger charge is -2.36. The second-order valence-electron chi connectivity index (χ2n) is 10.6. The van der Waals surface area contributed by atoms with Crippen molar-refractivity contribution in [3.05, 3.63) is 70.8 Å². The van der Waals surface area contributed by atoms with Gasteiger partial charge in [-0.3, -0.25) is 4.79 Å². The number of aliphatic hydroxyl groups is 1. The predicted molar refractivity (Wildman–Crippen MR) is 144 cm³/mol. The molecular formula is C28H39F2N3O4S. The van der Waals surface area contributed by atoms with Crippen LogP contribution in [-0.4, -0.2) is 61.8 Å². The van der Waals surface area contributed by atoms with Gasteiger partial charge in [-0.05, 0) is 59.9 Å². The molecule has 1 amide bonds. The van der Waals surface area contributed by atoms with E-state index in [9.17, 15) is 27.1 Å². The van der Waals surface area contributed by atoms with E-state index in [0.29, 0.717) is 37.4 Å². The molecule has 1 heterocycles. The third-order valence-electron chi connectivity index (χ3n) is 7.15. The number of benzene rings is 2. The largest absolute Gasteiger partial charge is 0.390 e. The van der Waals surface area contributed by atoms with E-state index in [-0.39, 0.29) is 30.8 Å². The number of rotatable bonds is 11. The summed E-state index contributed by atoms with van der Waals surface area (Å²) in [5.74, 6) is -1.36. The van der Waals surface area contributed by atoms with Gasteiger partial charge in [-0.15, -0.1) is 0 Å². The monoisotopic (exact) mass is 551 g/mol. The van der Waals surface area contributed by atoms with Crippen molar-refractivity contribution in [1.29, 1.82) is 0 Å². The highest BCUT2D eigenvalue weighted by Crippen LogP contribution is 2.33. The lowest BCUT2D eigenvalue weighted by atomic mass is 9.84. The maximum Gasteiger partial charge on any atom is 0.217 e. The summed E-state index contributed by atoms with van der Waals surface area (Å²) < 4.78 is 53.0. The lowest BCUT2D eigenvalue weighted by molar-refractivity contribution is -0.120. The number of sulfonamides is 1. The standard InChI is InChI=1S/C28H39F2N3O4S/c1-18(2)22-6-5-7-23(15-22)28(21-8-10-33(11-9-21)38(4,36)37)31-17-27(35)26(32-19(3)34)14-20-12-24(29)16-25(30)13-20/h5-7,12-13,15-16,18,21,26-28,31,35H,8-11,14,17H2,1-4H3,(H,32,34). The number of nitrogens with zero attached hydrogens (tertiary/aromatic N) is 1. The highest BCUT2D eigenvalue weighted by molar-refractivity contribution is 7.88. The number of nitrogens with one attached hydrogen (secondary N) is 2. The van der Waals surface area contributed by atoms with E-state index in [0.717, 1.165) is 11.6 Å². The van der Waals surface area contributed by atoms with Crippen LogP contribution in [0.4, 0.5) is 8.78 Å². The summed E-state index contributed by atoms with van der Waals surface area (Å²) in [4.78, 5) is 11.9. The summed E-state index contributed by atoms with van der Waals surface area (Å²) in [7, 11) is -3.26. The number of carbonyl (C=O) groups excluding carboxylic acids is 1. The number of aliphatic hydroxyl groups excluding tert-OH is 1. The van der Waals surface area contributed by atoms with E-state index >= 15 is 0 Å². The topological polar surface area (TPSA) is 98.7 Å². The fraction of sp³-hybridized carbons (Fsp3) is 0.536. The Kier molecular flexibility index (Phi) is 10.4. The Balaban J connectivity index is 1.80. The van der Waals surface area contributed by atoms with Crippen LogP contribution in [0.25, 0.3) is 0 Å². The molecule has 3 N–H and O–H groups in total. The first-order valence-electron chi connectivity index (χ1n) is 13.0. The van der Waals surface area contributed by atoms with Crippen molar-refractivity contribution in [3.63, 3.8) is 0 Å². The molecule has 2 aromatic carbocycles. The molecule has 10 heteroatoms. The van der Waals surface area contributed by atoms with E-state index in [1.54, 1.807) is 0 Å². The average molecular weight is 552 g/mol. The van der Waals surface area contributed by atoms with Gasteiger partial charge in [-0.2, -0.15) is 0 Å². The molecule has 1 fully saturated rings. The normalized spacial score (nSPS) is 17.8. The number of hydrogen-bond acceptors (Lipinski definition) is 5. The molecule has 1 aliphatic heterocycles. The molecule has 1 aliphatic rings. The van der Waals surface area contributed by atoms with Crippen LogP contribution in [0.2, 0.25) is 0 Å². The number of amides is 1. The molecular weight excluding hydrogens is 512 g/mol. The van der Waals surface area contributed by atoms with E-state index in [2.05, 4.69) is 36.6 Å². The highest BCUT2D eigenvalue weighted by atomic mass is 32.2. The van der Waals surface area contributed by atoms with Crippen LogP contribution >= 0.6 is 0 Å². The molecule has 2 aromatic rings. The predicted octanol–water partition coefficient (Wildman–Crippen LogP) is 3.50. The molecule has 0 saturated carbocycles. The summed E-state index contributed by atoms with van der Waals surface area (Å²) in [5.41, 5.74) is 2.55. The Morgan fingerprint density at radius 3 is 2.24 bits per heavy atom. The van der Waals surface area contributed by atoms with E-state index < -0.39 is 33.8 Å². The number of halogens is 2. The highest BCUT2D eigenvalue weighted by Gasteiger charge is 2.32. The van der Waals surface area contributed by atoms with Gasteiger partial charge in [0.1, 0.15) is 11.6 Å². The maximum atomic E-state index is 13.7. The second kappa shape index (κ2) is 13.1. The smallest absolute Gasteiger partial charge is 0.217 e. The van der Waals surface area contributed by atoms with Crippen LogP contribution in [-0.2, 0) is 21.2 Å². The molecule has 0 spiro atoms. The van der Waals surface area contributed by atoms with Crippen molar-refractivity contribution in [3.8, 4) is 0 Å². The molecule has 0 radical (unpaired) electrons. The van der Waals surface area contributed by atoms with Crippen LogP contribution < -0.4 is 10.6 Å². The number of piperidine rings is 1. The van der Waals surface area contributed by atoms with Gasteiger partial charge in [0.15, 0.2) is 0 Å². The van der Waals surface area contributed by atoms with Gasteiger partial charge in [0.2, 0.25) is 15.9 Å². The quantitative estimate of drug-likeness (QED) is 0.397. The first kappa shape index (κ1) is 30.1. The van der Waals surface area contributed by atoms with Crippen molar-refractivity contribution < 1.29 is 27.1 Å². The maximum absolute atomic E-state index is 13.7. The molecule has 210 valence electrons. The Bertz CT molecular complexity index is 1180. The van der Waals surface area contributed by atoms with Crippen LogP contribution in [0, 0.1) is 17.6 Å². The van der Waals surface area contributed by atoms with Gasteiger partial charge in [0.25, 0.3) is 0 Å². The third-order valence-corrected chi connectivity index (χ3v) is 8.46.